The lowest BCUT2D eigenvalue weighted by Gasteiger charge is -2.07. The molecular weight excluding hydrogens is 296 g/mol. The summed E-state index contributed by atoms with van der Waals surface area (Å²) in [5.41, 5.74) is 7.19. The Kier molecular flexibility index (Phi) is 3.84. The molecule has 2 aromatic rings. The molecule has 1 amide bonds. The number of carbonyl (C=O) groups is 1. The number of furan rings is 1. The topological polar surface area (TPSA) is 68.3 Å². The van der Waals surface area contributed by atoms with Gasteiger partial charge in [0.25, 0.3) is 5.91 Å². The number of nitrogens with one attached hydrogen (secondary N) is 1. The zero-order valence-corrected chi connectivity index (χ0v) is 11.5. The van der Waals surface area contributed by atoms with Gasteiger partial charge in [-0.15, -0.1) is 0 Å². The minimum Gasteiger partial charge on any atom is -0.455 e. The Hall–Kier alpha value is -1.59. The van der Waals surface area contributed by atoms with Crippen molar-refractivity contribution < 1.29 is 9.21 Å². The monoisotopic (exact) mass is 308 g/mol. The van der Waals surface area contributed by atoms with Gasteiger partial charge in [0.2, 0.25) is 0 Å². The van der Waals surface area contributed by atoms with Crippen LogP contribution in [0.1, 0.15) is 21.9 Å². The van der Waals surface area contributed by atoms with E-state index in [1.165, 1.54) is 0 Å². The Morgan fingerprint density at radius 2 is 2.17 bits per heavy atom. The van der Waals surface area contributed by atoms with E-state index in [9.17, 15) is 4.79 Å². The fourth-order valence-electron chi connectivity index (χ4n) is 1.54. The summed E-state index contributed by atoms with van der Waals surface area (Å²) in [6.07, 6.45) is 0. The van der Waals surface area contributed by atoms with Crippen molar-refractivity contribution in [1.29, 1.82) is 0 Å². The van der Waals surface area contributed by atoms with Gasteiger partial charge in [-0.2, -0.15) is 0 Å². The van der Waals surface area contributed by atoms with E-state index in [0.717, 1.165) is 10.0 Å². The first-order valence-corrected chi connectivity index (χ1v) is 6.26. The number of hydrogen-bond acceptors (Lipinski definition) is 3. The third-order valence-corrected chi connectivity index (χ3v) is 3.58. The molecule has 0 radical (unpaired) electrons. The van der Waals surface area contributed by atoms with Crippen LogP contribution in [-0.4, -0.2) is 5.91 Å². The molecule has 0 aliphatic rings. The molecule has 1 heterocycles. The molecule has 0 atom stereocenters. The molecule has 0 spiro atoms. The Morgan fingerprint density at radius 3 is 2.83 bits per heavy atom. The number of carbonyl (C=O) groups excluding carboxylic acids is 1. The molecule has 0 aliphatic heterocycles. The van der Waals surface area contributed by atoms with E-state index < -0.39 is 0 Å². The Balaban J connectivity index is 2.18. The van der Waals surface area contributed by atoms with E-state index in [4.69, 9.17) is 10.2 Å². The predicted molar refractivity (Wildman–Crippen MR) is 73.4 cm³/mol. The minimum absolute atomic E-state index is 0.254. The van der Waals surface area contributed by atoms with Gasteiger partial charge in [0.15, 0.2) is 5.76 Å². The highest BCUT2D eigenvalue weighted by molar-refractivity contribution is 9.10. The first-order chi connectivity index (χ1) is 8.61. The van der Waals surface area contributed by atoms with Crippen LogP contribution in [0.2, 0.25) is 0 Å². The molecule has 2 rings (SSSR count). The summed E-state index contributed by atoms with van der Waals surface area (Å²) < 4.78 is 6.15. The van der Waals surface area contributed by atoms with Crippen molar-refractivity contribution in [3.8, 4) is 0 Å². The molecule has 0 bridgehead atoms. The smallest absolute Gasteiger partial charge is 0.291 e. The largest absolute Gasteiger partial charge is 0.455 e. The highest BCUT2D eigenvalue weighted by atomic mass is 79.9. The summed E-state index contributed by atoms with van der Waals surface area (Å²) in [5, 5.41) is 2.78. The molecule has 0 saturated heterocycles. The van der Waals surface area contributed by atoms with E-state index in [-0.39, 0.29) is 18.2 Å². The van der Waals surface area contributed by atoms with Crippen molar-refractivity contribution in [2.24, 2.45) is 5.73 Å². The summed E-state index contributed by atoms with van der Waals surface area (Å²) in [7, 11) is 0. The van der Waals surface area contributed by atoms with Gasteiger partial charge in [-0.1, -0.05) is 12.1 Å². The van der Waals surface area contributed by atoms with Crippen LogP contribution in [0.3, 0.4) is 0 Å². The SMILES string of the molecule is Cc1cccc(NC(=O)c2ccc(CN)o2)c1Br. The Labute approximate surface area is 113 Å². The summed E-state index contributed by atoms with van der Waals surface area (Å²) in [6.45, 7) is 2.24. The second-order valence-electron chi connectivity index (χ2n) is 3.86. The minimum atomic E-state index is -0.291. The predicted octanol–water partition coefficient (Wildman–Crippen LogP) is 3.06. The quantitative estimate of drug-likeness (QED) is 0.915. The van der Waals surface area contributed by atoms with Crippen molar-refractivity contribution in [2.75, 3.05) is 5.32 Å². The van der Waals surface area contributed by atoms with Gasteiger partial charge in [-0.05, 0) is 46.6 Å². The lowest BCUT2D eigenvalue weighted by atomic mass is 10.2. The first kappa shape index (κ1) is 12.9. The molecule has 0 unspecified atom stereocenters. The van der Waals surface area contributed by atoms with Crippen LogP contribution in [0.25, 0.3) is 0 Å². The summed E-state index contributed by atoms with van der Waals surface area (Å²) in [5.74, 6) is 0.549. The number of hydrogen-bond donors (Lipinski definition) is 2. The van der Waals surface area contributed by atoms with Crippen LogP contribution in [0.15, 0.2) is 39.2 Å². The maximum Gasteiger partial charge on any atom is 0.291 e. The molecule has 1 aromatic heterocycles. The van der Waals surface area contributed by atoms with Gasteiger partial charge < -0.3 is 15.5 Å². The van der Waals surface area contributed by atoms with E-state index in [1.54, 1.807) is 12.1 Å². The summed E-state index contributed by atoms with van der Waals surface area (Å²) in [4.78, 5) is 11.9. The molecular formula is C13H13BrN2O2. The van der Waals surface area contributed by atoms with Gasteiger partial charge in [0.05, 0.1) is 12.2 Å². The van der Waals surface area contributed by atoms with E-state index in [1.807, 2.05) is 25.1 Å². The van der Waals surface area contributed by atoms with Crippen molar-refractivity contribution >= 4 is 27.5 Å². The zero-order valence-electron chi connectivity index (χ0n) is 9.87. The number of rotatable bonds is 3. The van der Waals surface area contributed by atoms with Crippen molar-refractivity contribution in [3.63, 3.8) is 0 Å². The molecule has 18 heavy (non-hydrogen) atoms. The average Bonchev–Trinajstić information content (AvgIpc) is 2.83. The molecule has 3 N–H and O–H groups in total. The number of amides is 1. The maximum absolute atomic E-state index is 11.9. The van der Waals surface area contributed by atoms with Gasteiger partial charge in [0, 0.05) is 4.47 Å². The van der Waals surface area contributed by atoms with Crippen LogP contribution in [0, 0.1) is 6.92 Å². The fraction of sp³-hybridized carbons (Fsp3) is 0.154. The van der Waals surface area contributed by atoms with Crippen LogP contribution in [0.4, 0.5) is 5.69 Å². The number of benzene rings is 1. The van der Waals surface area contributed by atoms with E-state index in [2.05, 4.69) is 21.2 Å². The number of nitrogens with two attached hydrogens (primary N) is 1. The molecule has 1 aromatic carbocycles. The zero-order chi connectivity index (χ0) is 13.1. The highest BCUT2D eigenvalue weighted by Gasteiger charge is 2.12. The van der Waals surface area contributed by atoms with Gasteiger partial charge in [0.1, 0.15) is 5.76 Å². The summed E-state index contributed by atoms with van der Waals surface area (Å²) >= 11 is 3.43. The van der Waals surface area contributed by atoms with Crippen LogP contribution >= 0.6 is 15.9 Å². The lowest BCUT2D eigenvalue weighted by Crippen LogP contribution is -2.11. The second-order valence-corrected chi connectivity index (χ2v) is 4.65. The van der Waals surface area contributed by atoms with Crippen molar-refractivity contribution in [1.82, 2.24) is 0 Å². The third-order valence-electron chi connectivity index (χ3n) is 2.53. The second kappa shape index (κ2) is 5.37. The van der Waals surface area contributed by atoms with Crippen LogP contribution < -0.4 is 11.1 Å². The molecule has 94 valence electrons. The van der Waals surface area contributed by atoms with Crippen LogP contribution in [0.5, 0.6) is 0 Å². The van der Waals surface area contributed by atoms with E-state index in [0.29, 0.717) is 11.4 Å². The van der Waals surface area contributed by atoms with Gasteiger partial charge in [-0.3, -0.25) is 4.79 Å². The lowest BCUT2D eigenvalue weighted by molar-refractivity contribution is 0.0995. The third kappa shape index (κ3) is 2.63. The van der Waals surface area contributed by atoms with Gasteiger partial charge >= 0.3 is 0 Å². The first-order valence-electron chi connectivity index (χ1n) is 5.47. The van der Waals surface area contributed by atoms with Crippen LogP contribution in [-0.2, 0) is 6.54 Å². The van der Waals surface area contributed by atoms with Gasteiger partial charge in [-0.25, -0.2) is 0 Å². The molecule has 4 nitrogen and oxygen atoms in total. The molecule has 0 aliphatic carbocycles. The van der Waals surface area contributed by atoms with E-state index >= 15 is 0 Å². The van der Waals surface area contributed by atoms with Crippen molar-refractivity contribution in [3.05, 3.63) is 51.9 Å². The number of aryl methyl sites for hydroxylation is 1. The standard InChI is InChI=1S/C13H13BrN2O2/c1-8-3-2-4-10(12(8)14)16-13(17)11-6-5-9(7-15)18-11/h2-6H,7,15H2,1H3,(H,16,17). The number of anilines is 1. The normalized spacial score (nSPS) is 10.4. The maximum atomic E-state index is 11.9. The summed E-state index contributed by atoms with van der Waals surface area (Å²) in [6, 6.07) is 8.96. The molecule has 0 fully saturated rings. The van der Waals surface area contributed by atoms with Crippen molar-refractivity contribution in [2.45, 2.75) is 13.5 Å². The highest BCUT2D eigenvalue weighted by Crippen LogP contribution is 2.26. The molecule has 5 heteroatoms. The Bertz CT molecular complexity index is 578. The Morgan fingerprint density at radius 1 is 1.39 bits per heavy atom. The average molecular weight is 309 g/mol. The molecule has 0 saturated carbocycles. The number of halogens is 1. The fourth-order valence-corrected chi connectivity index (χ4v) is 1.90.